The van der Waals surface area contributed by atoms with Gasteiger partial charge in [0, 0.05) is 12.3 Å². The number of carbonyl (C=O) groups is 2. The van der Waals surface area contributed by atoms with Crippen LogP contribution in [-0.2, 0) is 9.59 Å². The zero-order chi connectivity index (χ0) is 10.4. The summed E-state index contributed by atoms with van der Waals surface area (Å²) in [5.74, 6) is -0.516. The topological polar surface area (TPSA) is 72.2 Å². The van der Waals surface area contributed by atoms with Gasteiger partial charge in [-0.15, -0.1) is 11.6 Å². The largest absolute Gasteiger partial charge is 0.368 e. The molecule has 0 saturated carbocycles. The van der Waals surface area contributed by atoms with Crippen LogP contribution >= 0.6 is 11.6 Å². The number of carbonyl (C=O) groups excluding carboxylic acids is 2. The van der Waals surface area contributed by atoms with Crippen molar-refractivity contribution in [1.29, 1.82) is 0 Å². The molecule has 0 aliphatic rings. The molecule has 0 aliphatic heterocycles. The van der Waals surface area contributed by atoms with Gasteiger partial charge in [0.05, 0.1) is 0 Å². The van der Waals surface area contributed by atoms with Crippen LogP contribution in [0.15, 0.2) is 0 Å². The molecule has 2 amide bonds. The zero-order valence-electron chi connectivity index (χ0n) is 7.84. The summed E-state index contributed by atoms with van der Waals surface area (Å²) in [6.45, 7) is 3.63. The van der Waals surface area contributed by atoms with Gasteiger partial charge in [0.15, 0.2) is 0 Å². The highest BCUT2D eigenvalue weighted by atomic mass is 35.5. The minimum Gasteiger partial charge on any atom is -0.368 e. The van der Waals surface area contributed by atoms with Crippen molar-refractivity contribution < 1.29 is 9.59 Å². The first-order chi connectivity index (χ1) is 5.99. The first-order valence-electron chi connectivity index (χ1n) is 4.13. The van der Waals surface area contributed by atoms with Crippen molar-refractivity contribution in [3.05, 3.63) is 0 Å². The highest BCUT2D eigenvalue weighted by molar-refractivity contribution is 6.18. The van der Waals surface area contributed by atoms with Crippen molar-refractivity contribution in [3.8, 4) is 0 Å². The Bertz CT molecular complexity index is 195. The van der Waals surface area contributed by atoms with Crippen molar-refractivity contribution in [2.75, 3.05) is 5.88 Å². The summed E-state index contributed by atoms with van der Waals surface area (Å²) >= 11 is 5.36. The van der Waals surface area contributed by atoms with Crippen molar-refractivity contribution >= 4 is 23.4 Å². The molecule has 0 fully saturated rings. The van der Waals surface area contributed by atoms with E-state index in [1.807, 2.05) is 13.8 Å². The Balaban J connectivity index is 4.10. The summed E-state index contributed by atoms with van der Waals surface area (Å²) in [4.78, 5) is 21.9. The van der Waals surface area contributed by atoms with Crippen LogP contribution in [0.4, 0.5) is 0 Å². The van der Waals surface area contributed by atoms with Crippen LogP contribution in [0.25, 0.3) is 0 Å². The summed E-state index contributed by atoms with van der Waals surface area (Å²) in [5, 5.41) is 2.52. The van der Waals surface area contributed by atoms with E-state index in [0.717, 1.165) is 0 Å². The van der Waals surface area contributed by atoms with Crippen molar-refractivity contribution in [3.63, 3.8) is 0 Å². The van der Waals surface area contributed by atoms with Crippen molar-refractivity contribution in [2.24, 2.45) is 11.7 Å². The van der Waals surface area contributed by atoms with Crippen LogP contribution in [0.3, 0.4) is 0 Å². The number of alkyl halides is 1. The van der Waals surface area contributed by atoms with E-state index >= 15 is 0 Å². The number of hydrogen-bond acceptors (Lipinski definition) is 2. The molecule has 1 unspecified atom stereocenters. The van der Waals surface area contributed by atoms with Gasteiger partial charge in [0.25, 0.3) is 0 Å². The summed E-state index contributed by atoms with van der Waals surface area (Å²) in [5.41, 5.74) is 5.10. The summed E-state index contributed by atoms with van der Waals surface area (Å²) < 4.78 is 0. The lowest BCUT2D eigenvalue weighted by molar-refractivity contribution is -0.128. The minimum absolute atomic E-state index is 0.00299. The van der Waals surface area contributed by atoms with Crippen molar-refractivity contribution in [2.45, 2.75) is 26.3 Å². The predicted molar refractivity (Wildman–Crippen MR) is 51.3 cm³/mol. The maximum atomic E-state index is 11.1. The fraction of sp³-hybridized carbons (Fsp3) is 0.750. The fourth-order valence-corrected chi connectivity index (χ4v) is 1.07. The molecule has 13 heavy (non-hydrogen) atoms. The molecule has 0 bridgehead atoms. The molecule has 0 aromatic carbocycles. The van der Waals surface area contributed by atoms with Crippen molar-refractivity contribution in [1.82, 2.24) is 5.32 Å². The van der Waals surface area contributed by atoms with Gasteiger partial charge in [-0.25, -0.2) is 0 Å². The quantitative estimate of drug-likeness (QED) is 0.633. The van der Waals surface area contributed by atoms with Gasteiger partial charge in [0.1, 0.15) is 6.04 Å². The molecule has 3 N–H and O–H groups in total. The van der Waals surface area contributed by atoms with E-state index in [1.54, 1.807) is 0 Å². The van der Waals surface area contributed by atoms with E-state index in [4.69, 9.17) is 17.3 Å². The van der Waals surface area contributed by atoms with Crippen LogP contribution in [0.2, 0.25) is 0 Å². The fourth-order valence-electron chi connectivity index (χ4n) is 0.898. The summed E-state index contributed by atoms with van der Waals surface area (Å²) in [7, 11) is 0. The molecule has 76 valence electrons. The number of primary amides is 1. The minimum atomic E-state index is -0.601. The second kappa shape index (κ2) is 5.80. The van der Waals surface area contributed by atoms with Crippen LogP contribution in [0.1, 0.15) is 20.3 Å². The second-order valence-corrected chi connectivity index (χ2v) is 3.51. The molecule has 0 rings (SSSR count). The number of halogens is 1. The van der Waals surface area contributed by atoms with Gasteiger partial charge < -0.3 is 11.1 Å². The van der Waals surface area contributed by atoms with Gasteiger partial charge in [-0.2, -0.15) is 0 Å². The van der Waals surface area contributed by atoms with Crippen LogP contribution in [0.5, 0.6) is 0 Å². The molecular formula is C8H15ClN2O2. The smallest absolute Gasteiger partial charge is 0.240 e. The van der Waals surface area contributed by atoms with E-state index in [9.17, 15) is 9.59 Å². The summed E-state index contributed by atoms with van der Waals surface area (Å²) in [6.07, 6.45) is 0.206. The molecule has 5 heteroatoms. The normalized spacial score (nSPS) is 12.6. The Kier molecular flexibility index (Phi) is 5.46. The van der Waals surface area contributed by atoms with Crippen LogP contribution < -0.4 is 11.1 Å². The van der Waals surface area contributed by atoms with Gasteiger partial charge in [-0.1, -0.05) is 13.8 Å². The highest BCUT2D eigenvalue weighted by Gasteiger charge is 2.20. The third-order valence-electron chi connectivity index (χ3n) is 1.61. The number of rotatable bonds is 5. The number of hydrogen-bond donors (Lipinski definition) is 2. The average molecular weight is 207 g/mol. The SMILES string of the molecule is CC(C)C(NC(=O)CCCl)C(N)=O. The average Bonchev–Trinajstić information content (AvgIpc) is 1.99. The molecule has 0 aromatic heterocycles. The first-order valence-corrected chi connectivity index (χ1v) is 4.67. The van der Waals surface area contributed by atoms with Crippen LogP contribution in [-0.4, -0.2) is 23.7 Å². The first kappa shape index (κ1) is 12.2. The Morgan fingerprint density at radius 1 is 1.46 bits per heavy atom. The molecule has 0 aliphatic carbocycles. The van der Waals surface area contributed by atoms with E-state index in [-0.39, 0.29) is 24.1 Å². The molecule has 0 spiro atoms. The third-order valence-corrected chi connectivity index (χ3v) is 1.80. The molecule has 0 heterocycles. The van der Waals surface area contributed by atoms with Crippen LogP contribution in [0, 0.1) is 5.92 Å². The molecule has 1 atom stereocenters. The number of nitrogens with one attached hydrogen (secondary N) is 1. The second-order valence-electron chi connectivity index (χ2n) is 3.13. The molecule has 4 nitrogen and oxygen atoms in total. The molecule has 0 saturated heterocycles. The molecule has 0 radical (unpaired) electrons. The lowest BCUT2D eigenvalue weighted by atomic mass is 10.0. The van der Waals surface area contributed by atoms with E-state index < -0.39 is 11.9 Å². The third kappa shape index (κ3) is 4.72. The van der Waals surface area contributed by atoms with Gasteiger partial charge in [-0.3, -0.25) is 9.59 Å². The van der Waals surface area contributed by atoms with E-state index in [0.29, 0.717) is 0 Å². The lowest BCUT2D eigenvalue weighted by Gasteiger charge is -2.18. The predicted octanol–water partition coefficient (Wildman–Crippen LogP) is 0.241. The van der Waals surface area contributed by atoms with E-state index in [1.165, 1.54) is 0 Å². The Labute approximate surface area is 82.8 Å². The molecule has 0 aromatic rings. The Hall–Kier alpha value is -0.770. The standard InChI is InChI=1S/C8H15ClN2O2/c1-5(2)7(8(10)13)11-6(12)3-4-9/h5,7H,3-4H2,1-2H3,(H2,10,13)(H,11,12). The number of amides is 2. The number of nitrogens with two attached hydrogens (primary N) is 1. The maximum Gasteiger partial charge on any atom is 0.240 e. The molecular weight excluding hydrogens is 192 g/mol. The van der Waals surface area contributed by atoms with E-state index in [2.05, 4.69) is 5.32 Å². The monoisotopic (exact) mass is 206 g/mol. The summed E-state index contributed by atoms with van der Waals surface area (Å²) in [6, 6.07) is -0.601. The van der Waals surface area contributed by atoms with Gasteiger partial charge in [0.2, 0.25) is 11.8 Å². The zero-order valence-corrected chi connectivity index (χ0v) is 8.60. The lowest BCUT2D eigenvalue weighted by Crippen LogP contribution is -2.47. The Morgan fingerprint density at radius 3 is 2.31 bits per heavy atom. The highest BCUT2D eigenvalue weighted by Crippen LogP contribution is 2.01. The maximum absolute atomic E-state index is 11.1. The Morgan fingerprint density at radius 2 is 2.00 bits per heavy atom. The van der Waals surface area contributed by atoms with Gasteiger partial charge in [-0.05, 0) is 5.92 Å². The van der Waals surface area contributed by atoms with Gasteiger partial charge >= 0.3 is 0 Å².